The van der Waals surface area contributed by atoms with Crippen LogP contribution in [0.15, 0.2) is 59.4 Å². The van der Waals surface area contributed by atoms with Gasteiger partial charge in [-0.3, -0.25) is 9.59 Å². The molecule has 0 aliphatic rings. The van der Waals surface area contributed by atoms with E-state index in [1.165, 1.54) is 7.11 Å². The third-order valence-electron chi connectivity index (χ3n) is 4.95. The summed E-state index contributed by atoms with van der Waals surface area (Å²) in [4.78, 5) is 25.1. The number of ether oxygens (including phenoxy) is 1. The maximum atomic E-state index is 13.3. The normalized spacial score (nSPS) is 10.4. The summed E-state index contributed by atoms with van der Waals surface area (Å²) in [6.45, 7) is 4.36. The number of methoxy groups -OCH3 is 1. The van der Waals surface area contributed by atoms with Crippen LogP contribution in [0.2, 0.25) is 0 Å². The van der Waals surface area contributed by atoms with E-state index in [0.29, 0.717) is 17.8 Å². The molecule has 0 aliphatic carbocycles. The highest BCUT2D eigenvalue weighted by atomic mass is 16.5. The highest BCUT2D eigenvalue weighted by molar-refractivity contribution is 5.74. The fourth-order valence-electron chi connectivity index (χ4n) is 3.38. The van der Waals surface area contributed by atoms with Crippen molar-refractivity contribution in [3.63, 3.8) is 0 Å². The van der Waals surface area contributed by atoms with Gasteiger partial charge in [0.2, 0.25) is 0 Å². The van der Waals surface area contributed by atoms with Crippen molar-refractivity contribution in [3.05, 3.63) is 92.8 Å². The number of hydrogen-bond acceptors (Lipinski definition) is 4. The Morgan fingerprint density at radius 3 is 2.41 bits per heavy atom. The van der Waals surface area contributed by atoms with Crippen LogP contribution in [0.4, 0.5) is 0 Å². The predicted molar refractivity (Wildman–Crippen MR) is 112 cm³/mol. The van der Waals surface area contributed by atoms with Gasteiger partial charge in [0, 0.05) is 0 Å². The van der Waals surface area contributed by atoms with Gasteiger partial charge < -0.3 is 9.30 Å². The van der Waals surface area contributed by atoms with Crippen LogP contribution in [0.25, 0.3) is 11.3 Å². The van der Waals surface area contributed by atoms with Gasteiger partial charge in [0.25, 0.3) is 5.56 Å². The van der Waals surface area contributed by atoms with Crippen LogP contribution in [-0.4, -0.2) is 17.6 Å². The third kappa shape index (κ3) is 4.27. The van der Waals surface area contributed by atoms with Crippen LogP contribution in [0.1, 0.15) is 27.8 Å². The fraction of sp³-hybridized carbons (Fsp3) is 0.208. The summed E-state index contributed by atoms with van der Waals surface area (Å²) >= 11 is 0. The van der Waals surface area contributed by atoms with Gasteiger partial charge in [-0.05, 0) is 42.2 Å². The SMILES string of the molecule is COC(=O)Cc1cc(-c2ccccc2)n(Cc2ccc(C)cc2C)c(=O)c1C#N. The van der Waals surface area contributed by atoms with E-state index in [1.54, 1.807) is 10.6 Å². The van der Waals surface area contributed by atoms with Gasteiger partial charge in [-0.25, -0.2) is 0 Å². The number of aromatic nitrogens is 1. The summed E-state index contributed by atoms with van der Waals surface area (Å²) in [5.41, 5.74) is 4.66. The molecule has 0 saturated heterocycles. The minimum atomic E-state index is -0.493. The van der Waals surface area contributed by atoms with Gasteiger partial charge in [-0.2, -0.15) is 5.26 Å². The van der Waals surface area contributed by atoms with Crippen LogP contribution < -0.4 is 5.56 Å². The average Bonchev–Trinajstić information content (AvgIpc) is 2.72. The second-order valence-corrected chi connectivity index (χ2v) is 6.98. The first-order valence-corrected chi connectivity index (χ1v) is 9.29. The molecule has 0 spiro atoms. The van der Waals surface area contributed by atoms with Crippen molar-refractivity contribution in [2.24, 2.45) is 0 Å². The first-order chi connectivity index (χ1) is 13.9. The molecule has 2 aromatic carbocycles. The zero-order valence-electron chi connectivity index (χ0n) is 16.7. The van der Waals surface area contributed by atoms with Crippen molar-refractivity contribution in [1.29, 1.82) is 5.26 Å². The van der Waals surface area contributed by atoms with Crippen LogP contribution in [0.3, 0.4) is 0 Å². The molecule has 0 unspecified atom stereocenters. The predicted octanol–water partition coefficient (Wildman–Crippen LogP) is 3.77. The molecule has 0 N–H and O–H groups in total. The number of carbonyl (C=O) groups is 1. The van der Waals surface area contributed by atoms with Crippen LogP contribution in [0, 0.1) is 25.2 Å². The number of nitrogens with zero attached hydrogens (tertiary/aromatic N) is 2. The third-order valence-corrected chi connectivity index (χ3v) is 4.95. The monoisotopic (exact) mass is 386 g/mol. The van der Waals surface area contributed by atoms with Gasteiger partial charge in [0.05, 0.1) is 25.8 Å². The highest BCUT2D eigenvalue weighted by Crippen LogP contribution is 2.23. The molecule has 5 heteroatoms. The molecule has 29 heavy (non-hydrogen) atoms. The smallest absolute Gasteiger partial charge is 0.310 e. The van der Waals surface area contributed by atoms with Crippen LogP contribution >= 0.6 is 0 Å². The molecule has 0 aliphatic heterocycles. The van der Waals surface area contributed by atoms with Gasteiger partial charge in [-0.15, -0.1) is 0 Å². The van der Waals surface area contributed by atoms with Crippen molar-refractivity contribution in [2.45, 2.75) is 26.8 Å². The zero-order valence-corrected chi connectivity index (χ0v) is 16.7. The Labute approximate surface area is 169 Å². The lowest BCUT2D eigenvalue weighted by molar-refractivity contribution is -0.139. The maximum absolute atomic E-state index is 13.3. The van der Waals surface area contributed by atoms with E-state index >= 15 is 0 Å². The molecule has 3 aromatic rings. The molecule has 0 saturated carbocycles. The van der Waals surface area contributed by atoms with Crippen molar-refractivity contribution in [3.8, 4) is 17.3 Å². The van der Waals surface area contributed by atoms with Crippen molar-refractivity contribution < 1.29 is 9.53 Å². The number of benzene rings is 2. The molecular weight excluding hydrogens is 364 g/mol. The van der Waals surface area contributed by atoms with Gasteiger partial charge in [-0.1, -0.05) is 54.1 Å². The number of hydrogen-bond donors (Lipinski definition) is 0. The first-order valence-electron chi connectivity index (χ1n) is 9.29. The van der Waals surface area contributed by atoms with Gasteiger partial charge in [0.15, 0.2) is 0 Å². The molecule has 0 bridgehead atoms. The first kappa shape index (κ1) is 20.1. The summed E-state index contributed by atoms with van der Waals surface area (Å²) in [5, 5.41) is 9.61. The number of pyridine rings is 1. The minimum absolute atomic E-state index is 0.0279. The molecule has 5 nitrogen and oxygen atoms in total. The Morgan fingerprint density at radius 1 is 1.07 bits per heavy atom. The Balaban J connectivity index is 2.24. The second-order valence-electron chi connectivity index (χ2n) is 6.98. The molecule has 1 heterocycles. The lowest BCUT2D eigenvalue weighted by atomic mass is 10.0. The molecule has 0 fully saturated rings. The molecule has 0 amide bonds. The Morgan fingerprint density at radius 2 is 1.79 bits per heavy atom. The molecule has 0 radical (unpaired) electrons. The summed E-state index contributed by atoms with van der Waals surface area (Å²) in [7, 11) is 1.29. The maximum Gasteiger partial charge on any atom is 0.310 e. The van der Waals surface area contributed by atoms with E-state index in [2.05, 4.69) is 6.07 Å². The van der Waals surface area contributed by atoms with Gasteiger partial charge >= 0.3 is 5.97 Å². The number of esters is 1. The Hall–Kier alpha value is -3.65. The topological polar surface area (TPSA) is 72.1 Å². The minimum Gasteiger partial charge on any atom is -0.469 e. The number of rotatable bonds is 5. The molecule has 146 valence electrons. The second kappa shape index (κ2) is 8.57. The Bertz CT molecular complexity index is 1160. The molecular formula is C24H22N2O3. The molecule has 0 atom stereocenters. The van der Waals surface area contributed by atoms with Gasteiger partial charge in [0.1, 0.15) is 11.6 Å². The summed E-state index contributed by atoms with van der Waals surface area (Å²) in [6.07, 6.45) is -0.126. The number of nitriles is 1. The molecule has 3 rings (SSSR count). The average molecular weight is 386 g/mol. The van der Waals surface area contributed by atoms with Crippen molar-refractivity contribution in [2.75, 3.05) is 7.11 Å². The summed E-state index contributed by atoms with van der Waals surface area (Å²) in [6, 6.07) is 19.3. The van der Waals surface area contributed by atoms with E-state index in [4.69, 9.17) is 4.74 Å². The van der Waals surface area contributed by atoms with Crippen molar-refractivity contribution >= 4 is 5.97 Å². The standard InChI is InChI=1S/C24H22N2O3/c1-16-9-10-19(17(2)11-16)15-26-22(18-7-5-4-6-8-18)12-20(13-23(27)29-3)21(14-25)24(26)28/h4-12H,13,15H2,1-3H3. The number of carbonyl (C=O) groups excluding carboxylic acids is 1. The van der Waals surface area contributed by atoms with E-state index in [0.717, 1.165) is 22.3 Å². The quantitative estimate of drug-likeness (QED) is 0.626. The zero-order chi connectivity index (χ0) is 21.0. The molecule has 1 aromatic heterocycles. The highest BCUT2D eigenvalue weighted by Gasteiger charge is 2.19. The van der Waals surface area contributed by atoms with Crippen LogP contribution in [0.5, 0.6) is 0 Å². The lowest BCUT2D eigenvalue weighted by Gasteiger charge is -2.17. The largest absolute Gasteiger partial charge is 0.469 e. The van der Waals surface area contributed by atoms with E-state index in [9.17, 15) is 14.9 Å². The summed E-state index contributed by atoms with van der Waals surface area (Å²) < 4.78 is 6.34. The van der Waals surface area contributed by atoms with E-state index in [1.807, 2.05) is 62.4 Å². The lowest BCUT2D eigenvalue weighted by Crippen LogP contribution is -2.27. The Kier molecular flexibility index (Phi) is 5.94. The summed E-state index contributed by atoms with van der Waals surface area (Å²) in [5.74, 6) is -0.493. The fourth-order valence-corrected chi connectivity index (χ4v) is 3.38. The number of aryl methyl sites for hydroxylation is 2. The van der Waals surface area contributed by atoms with Crippen molar-refractivity contribution in [1.82, 2.24) is 4.57 Å². The van der Waals surface area contributed by atoms with E-state index < -0.39 is 11.5 Å². The van der Waals surface area contributed by atoms with Crippen LogP contribution in [-0.2, 0) is 22.5 Å². The van der Waals surface area contributed by atoms with E-state index in [-0.39, 0.29) is 12.0 Å².